The van der Waals surface area contributed by atoms with Crippen molar-refractivity contribution in [2.24, 2.45) is 0 Å². The third-order valence-electron chi connectivity index (χ3n) is 1.11. The van der Waals surface area contributed by atoms with Gasteiger partial charge in [0.15, 0.2) is 0 Å². The van der Waals surface area contributed by atoms with Gasteiger partial charge in [-0.15, -0.1) is 0 Å². The second kappa shape index (κ2) is 16.8. The topological polar surface area (TPSA) is 124 Å². The fourth-order valence-corrected chi connectivity index (χ4v) is 0.760. The zero-order chi connectivity index (χ0) is 15.8. The molecule has 0 aliphatic carbocycles. The molecule has 0 bridgehead atoms. The monoisotopic (exact) mass is 288 g/mol. The Bertz CT molecular complexity index is 237. The predicted molar refractivity (Wildman–Crippen MR) is 62.6 cm³/mol. The molecule has 8 heteroatoms. The Morgan fingerprint density at radius 1 is 0.947 bits per heavy atom. The van der Waals surface area contributed by atoms with Crippen LogP contribution < -0.4 is 10.2 Å². The average molecular weight is 288 g/mol. The molecule has 0 aromatic heterocycles. The number of hydrogen-bond acceptors (Lipinski definition) is 7. The van der Waals surface area contributed by atoms with Gasteiger partial charge in [0.25, 0.3) is 0 Å². The number of carbonyl (C=O) groups is 4. The van der Waals surface area contributed by atoms with E-state index in [-0.39, 0.29) is 11.6 Å². The molecule has 0 atom stereocenters. The van der Waals surface area contributed by atoms with E-state index >= 15 is 0 Å². The van der Waals surface area contributed by atoms with E-state index in [9.17, 15) is 29.4 Å². The second-order valence-corrected chi connectivity index (χ2v) is 3.71. The van der Waals surface area contributed by atoms with Gasteiger partial charge in [0.05, 0.1) is 0 Å². The number of Topliss-reactive ketones (excluding diaryl/α,β-unsaturated/α-hetero) is 2. The molecule has 0 rings (SSSR count). The molecule has 0 saturated carbocycles. The van der Waals surface area contributed by atoms with E-state index in [2.05, 4.69) is 27.3 Å². The Hall–Kier alpha value is -1.23. The third kappa shape index (κ3) is 47.6. The fourth-order valence-electron chi connectivity index (χ4n) is 0.524. The molecule has 0 fully saturated rings. The summed E-state index contributed by atoms with van der Waals surface area (Å²) in [5.74, 6) is -3.37. The second-order valence-electron chi connectivity index (χ2n) is 3.37. The van der Waals surface area contributed by atoms with E-state index < -0.39 is 24.8 Å². The Morgan fingerprint density at radius 2 is 1.26 bits per heavy atom. The SMILES string of the molecule is CC(=O)CC(=O)[O-].CC(=O)CC(=O)[O-].CCC[O][Al+2]. The van der Waals surface area contributed by atoms with Gasteiger partial charge in [-0.2, -0.15) is 0 Å². The maximum atomic E-state index is 9.83. The zero-order valence-corrected chi connectivity index (χ0v) is 12.4. The summed E-state index contributed by atoms with van der Waals surface area (Å²) in [4.78, 5) is 38.6. The van der Waals surface area contributed by atoms with Gasteiger partial charge in [-0.25, -0.2) is 0 Å². The number of aliphatic carboxylic acids is 2. The van der Waals surface area contributed by atoms with Crippen molar-refractivity contribution in [2.45, 2.75) is 40.0 Å². The van der Waals surface area contributed by atoms with Crippen LogP contribution in [0.5, 0.6) is 0 Å². The molecule has 0 aliphatic rings. The molecule has 0 spiro atoms. The third-order valence-corrected chi connectivity index (χ3v) is 1.34. The standard InChI is InChI=1S/2C4H6O3.C3H7O.Al/c2*1-3(5)2-4(6)7;1-2-3-4;/h2*2H2,1H3,(H,6,7);2-3H2,1H3;/q;;-1;+3/p-2. The van der Waals surface area contributed by atoms with Crippen molar-refractivity contribution in [2.75, 3.05) is 6.61 Å². The van der Waals surface area contributed by atoms with Gasteiger partial charge < -0.3 is 19.8 Å². The van der Waals surface area contributed by atoms with E-state index in [1.165, 1.54) is 13.8 Å². The summed E-state index contributed by atoms with van der Waals surface area (Å²) in [5, 5.41) is 19.0. The van der Waals surface area contributed by atoms with Crippen molar-refractivity contribution in [1.82, 2.24) is 0 Å². The minimum atomic E-state index is -1.31. The normalized spacial score (nSPS) is 8.26. The first-order chi connectivity index (χ1) is 8.67. The van der Waals surface area contributed by atoms with Crippen LogP contribution >= 0.6 is 0 Å². The van der Waals surface area contributed by atoms with Crippen molar-refractivity contribution >= 4 is 40.1 Å². The first-order valence-electron chi connectivity index (χ1n) is 5.37. The van der Waals surface area contributed by atoms with Crippen molar-refractivity contribution in [3.05, 3.63) is 0 Å². The van der Waals surface area contributed by atoms with Crippen LogP contribution in [0.3, 0.4) is 0 Å². The summed E-state index contributed by atoms with van der Waals surface area (Å²) in [6, 6.07) is 0. The van der Waals surface area contributed by atoms with E-state index in [1.807, 2.05) is 0 Å². The van der Waals surface area contributed by atoms with Crippen LogP contribution in [-0.4, -0.2) is 46.7 Å². The molecular formula is C11H17AlO7. The number of carboxylic acids is 2. The van der Waals surface area contributed by atoms with Crippen LogP contribution in [0.25, 0.3) is 0 Å². The van der Waals surface area contributed by atoms with Crippen LogP contribution in [0.15, 0.2) is 0 Å². The van der Waals surface area contributed by atoms with E-state index in [0.29, 0.717) is 0 Å². The van der Waals surface area contributed by atoms with Crippen LogP contribution in [-0.2, 0) is 23.0 Å². The zero-order valence-electron chi connectivity index (χ0n) is 11.3. The molecule has 0 unspecified atom stereocenters. The predicted octanol–water partition coefficient (Wildman–Crippen LogP) is -2.07. The number of carbonyl (C=O) groups excluding carboxylic acids is 4. The molecule has 0 radical (unpaired) electrons. The molecular weight excluding hydrogens is 271 g/mol. The molecule has 106 valence electrons. The van der Waals surface area contributed by atoms with Gasteiger partial charge in [0.2, 0.25) is 0 Å². The number of rotatable bonds is 6. The number of carboxylic acid groups (broad SMARTS) is 2. The van der Waals surface area contributed by atoms with Crippen LogP contribution in [0, 0.1) is 0 Å². The molecule has 19 heavy (non-hydrogen) atoms. The molecule has 7 nitrogen and oxygen atoms in total. The van der Waals surface area contributed by atoms with Gasteiger partial charge >= 0.3 is 40.4 Å². The molecule has 0 saturated heterocycles. The van der Waals surface area contributed by atoms with E-state index in [4.69, 9.17) is 0 Å². The quantitative estimate of drug-likeness (QED) is 0.406. The summed E-state index contributed by atoms with van der Waals surface area (Å²) in [6.07, 6.45) is 0.156. The van der Waals surface area contributed by atoms with Crippen molar-refractivity contribution in [1.29, 1.82) is 0 Å². The van der Waals surface area contributed by atoms with Crippen LogP contribution in [0.2, 0.25) is 0 Å². The summed E-state index contributed by atoms with van der Waals surface area (Å²) in [5.41, 5.74) is 0. The Morgan fingerprint density at radius 3 is 1.26 bits per heavy atom. The Balaban J connectivity index is -0.000000206. The van der Waals surface area contributed by atoms with Gasteiger partial charge in [0, 0.05) is 24.8 Å². The molecule has 0 aromatic carbocycles. The maximum absolute atomic E-state index is 9.83. The average Bonchev–Trinajstić information content (AvgIpc) is 2.15. The molecule has 0 amide bonds. The van der Waals surface area contributed by atoms with Crippen LogP contribution in [0.1, 0.15) is 40.0 Å². The summed E-state index contributed by atoms with van der Waals surface area (Å²) in [6.45, 7) is 5.33. The molecule has 0 aromatic rings. The van der Waals surface area contributed by atoms with Gasteiger partial charge in [-0.3, -0.25) is 9.59 Å². The summed E-state index contributed by atoms with van der Waals surface area (Å²) >= 11 is 2.20. The Kier molecular flexibility index (Phi) is 20.2. The van der Waals surface area contributed by atoms with Gasteiger partial charge in [-0.1, -0.05) is 0 Å². The summed E-state index contributed by atoms with van der Waals surface area (Å²) < 4.78 is 4.61. The number of hydrogen-bond donors (Lipinski definition) is 0. The first-order valence-corrected chi connectivity index (χ1v) is 5.84. The minimum absolute atomic E-state index is 0.375. The van der Waals surface area contributed by atoms with Crippen LogP contribution in [0.4, 0.5) is 0 Å². The first kappa shape index (κ1) is 22.9. The fraction of sp³-hybridized carbons (Fsp3) is 0.636. The van der Waals surface area contributed by atoms with Gasteiger partial charge in [0.1, 0.15) is 11.6 Å². The number of ketones is 2. The van der Waals surface area contributed by atoms with Crippen molar-refractivity contribution < 1.29 is 33.2 Å². The van der Waals surface area contributed by atoms with Crippen molar-refractivity contribution in [3.63, 3.8) is 0 Å². The molecule has 0 N–H and O–H groups in total. The Labute approximate surface area is 120 Å². The van der Waals surface area contributed by atoms with Gasteiger partial charge in [-0.05, 0) is 13.8 Å². The summed E-state index contributed by atoms with van der Waals surface area (Å²) in [7, 11) is 0. The van der Waals surface area contributed by atoms with E-state index in [0.717, 1.165) is 13.0 Å². The molecule has 0 aliphatic heterocycles. The van der Waals surface area contributed by atoms with E-state index in [1.54, 1.807) is 0 Å². The molecule has 0 heterocycles. The van der Waals surface area contributed by atoms with Crippen molar-refractivity contribution in [3.8, 4) is 0 Å².